The second-order valence-corrected chi connectivity index (χ2v) is 5.57. The van der Waals surface area contributed by atoms with Gasteiger partial charge in [0.15, 0.2) is 5.69 Å². The summed E-state index contributed by atoms with van der Waals surface area (Å²) >= 11 is 1.46. The van der Waals surface area contributed by atoms with Crippen LogP contribution in [-0.4, -0.2) is 28.6 Å². The SMILES string of the molecule is CCOC(=O)c1csc(C2CCC(C(=O)O)CC2)n1. The summed E-state index contributed by atoms with van der Waals surface area (Å²) in [6.07, 6.45) is 3.03. The fourth-order valence-corrected chi connectivity index (χ4v) is 3.32. The van der Waals surface area contributed by atoms with Crippen molar-refractivity contribution in [3.63, 3.8) is 0 Å². The summed E-state index contributed by atoms with van der Waals surface area (Å²) < 4.78 is 4.90. The maximum atomic E-state index is 11.5. The van der Waals surface area contributed by atoms with Gasteiger partial charge in [-0.15, -0.1) is 11.3 Å². The summed E-state index contributed by atoms with van der Waals surface area (Å²) in [6, 6.07) is 0. The van der Waals surface area contributed by atoms with Crippen LogP contribution in [0, 0.1) is 5.92 Å². The van der Waals surface area contributed by atoms with Crippen LogP contribution in [0.1, 0.15) is 54.0 Å². The Morgan fingerprint density at radius 3 is 2.68 bits per heavy atom. The minimum Gasteiger partial charge on any atom is -0.481 e. The molecule has 1 aromatic rings. The van der Waals surface area contributed by atoms with Crippen LogP contribution in [0.15, 0.2) is 5.38 Å². The van der Waals surface area contributed by atoms with Gasteiger partial charge in [-0.3, -0.25) is 4.79 Å². The molecule has 1 aliphatic carbocycles. The lowest BCUT2D eigenvalue weighted by Gasteiger charge is -2.24. The molecule has 0 aliphatic heterocycles. The van der Waals surface area contributed by atoms with E-state index in [-0.39, 0.29) is 17.8 Å². The molecule has 0 aromatic carbocycles. The van der Waals surface area contributed by atoms with Crippen LogP contribution >= 0.6 is 11.3 Å². The van der Waals surface area contributed by atoms with Gasteiger partial charge in [0.2, 0.25) is 0 Å². The van der Waals surface area contributed by atoms with Crippen molar-refractivity contribution in [2.45, 2.75) is 38.5 Å². The number of carbonyl (C=O) groups excluding carboxylic acids is 1. The topological polar surface area (TPSA) is 76.5 Å². The summed E-state index contributed by atoms with van der Waals surface area (Å²) in [5.41, 5.74) is 0.363. The van der Waals surface area contributed by atoms with Crippen molar-refractivity contribution in [2.75, 3.05) is 6.61 Å². The molecule has 1 aliphatic rings. The Bertz CT molecular complexity index is 463. The second-order valence-electron chi connectivity index (χ2n) is 4.68. The van der Waals surface area contributed by atoms with E-state index in [1.165, 1.54) is 11.3 Å². The van der Waals surface area contributed by atoms with Gasteiger partial charge >= 0.3 is 11.9 Å². The zero-order valence-corrected chi connectivity index (χ0v) is 11.6. The van der Waals surface area contributed by atoms with E-state index in [1.807, 2.05) is 0 Å². The summed E-state index contributed by atoms with van der Waals surface area (Å²) in [7, 11) is 0. The van der Waals surface area contributed by atoms with Gasteiger partial charge in [-0.2, -0.15) is 0 Å². The van der Waals surface area contributed by atoms with Gasteiger partial charge in [-0.05, 0) is 32.6 Å². The second kappa shape index (κ2) is 6.14. The first-order valence-corrected chi connectivity index (χ1v) is 7.35. The molecule has 1 saturated carbocycles. The number of hydrogen-bond donors (Lipinski definition) is 1. The van der Waals surface area contributed by atoms with Crippen LogP contribution in [-0.2, 0) is 9.53 Å². The molecule has 0 radical (unpaired) electrons. The van der Waals surface area contributed by atoms with E-state index in [9.17, 15) is 9.59 Å². The van der Waals surface area contributed by atoms with E-state index in [4.69, 9.17) is 9.84 Å². The molecule has 1 fully saturated rings. The predicted octanol–water partition coefficient (Wildman–Crippen LogP) is 2.68. The monoisotopic (exact) mass is 283 g/mol. The molecule has 2 rings (SSSR count). The van der Waals surface area contributed by atoms with Crippen molar-refractivity contribution in [1.82, 2.24) is 4.98 Å². The highest BCUT2D eigenvalue weighted by Gasteiger charge is 2.28. The Morgan fingerprint density at radius 2 is 2.11 bits per heavy atom. The number of rotatable bonds is 4. The number of nitrogens with zero attached hydrogens (tertiary/aromatic N) is 1. The molecule has 0 unspecified atom stereocenters. The van der Waals surface area contributed by atoms with Crippen LogP contribution in [0.5, 0.6) is 0 Å². The highest BCUT2D eigenvalue weighted by molar-refractivity contribution is 7.09. The molecule has 0 saturated heterocycles. The number of aromatic nitrogens is 1. The lowest BCUT2D eigenvalue weighted by atomic mass is 9.82. The fraction of sp³-hybridized carbons (Fsp3) is 0.615. The van der Waals surface area contributed by atoms with Crippen LogP contribution in [0.2, 0.25) is 0 Å². The van der Waals surface area contributed by atoms with E-state index >= 15 is 0 Å². The molecule has 0 spiro atoms. The highest BCUT2D eigenvalue weighted by Crippen LogP contribution is 2.37. The van der Waals surface area contributed by atoms with Crippen molar-refractivity contribution in [1.29, 1.82) is 0 Å². The van der Waals surface area contributed by atoms with Crippen LogP contribution in [0.3, 0.4) is 0 Å². The van der Waals surface area contributed by atoms with Crippen molar-refractivity contribution in [3.05, 3.63) is 16.1 Å². The first-order valence-electron chi connectivity index (χ1n) is 6.47. The molecule has 0 atom stereocenters. The van der Waals surface area contributed by atoms with Crippen molar-refractivity contribution >= 4 is 23.3 Å². The van der Waals surface area contributed by atoms with Crippen LogP contribution < -0.4 is 0 Å². The third-order valence-corrected chi connectivity index (χ3v) is 4.44. The number of carboxylic acid groups (broad SMARTS) is 1. The normalized spacial score (nSPS) is 23.0. The lowest BCUT2D eigenvalue weighted by Crippen LogP contribution is -2.20. The fourth-order valence-electron chi connectivity index (χ4n) is 2.36. The van der Waals surface area contributed by atoms with Crippen LogP contribution in [0.25, 0.3) is 0 Å². The summed E-state index contributed by atoms with van der Waals surface area (Å²) in [5.74, 6) is -1.03. The summed E-state index contributed by atoms with van der Waals surface area (Å²) in [6.45, 7) is 2.10. The quantitative estimate of drug-likeness (QED) is 0.860. The Hall–Kier alpha value is -1.43. The van der Waals surface area contributed by atoms with Crippen molar-refractivity contribution < 1.29 is 19.4 Å². The molecule has 19 heavy (non-hydrogen) atoms. The summed E-state index contributed by atoms with van der Waals surface area (Å²) in [5, 5.41) is 11.6. The van der Waals surface area contributed by atoms with Gasteiger partial charge in [0.05, 0.1) is 17.5 Å². The Kier molecular flexibility index (Phi) is 4.52. The molecular formula is C13H17NO4S. The number of carboxylic acids is 1. The Balaban J connectivity index is 1.97. The van der Waals surface area contributed by atoms with Gasteiger partial charge in [0, 0.05) is 11.3 Å². The molecule has 1 aromatic heterocycles. The zero-order valence-electron chi connectivity index (χ0n) is 10.8. The minimum absolute atomic E-state index is 0.222. The van der Waals surface area contributed by atoms with E-state index in [0.717, 1.165) is 17.8 Å². The molecule has 1 heterocycles. The minimum atomic E-state index is -0.704. The maximum Gasteiger partial charge on any atom is 0.357 e. The molecular weight excluding hydrogens is 266 g/mol. The third kappa shape index (κ3) is 3.32. The standard InChI is InChI=1S/C13H17NO4S/c1-2-18-13(17)10-7-19-11(14-10)8-3-5-9(6-4-8)12(15)16/h7-9H,2-6H2,1H3,(H,15,16). The lowest BCUT2D eigenvalue weighted by molar-refractivity contribution is -0.142. The number of carbonyl (C=O) groups is 2. The molecule has 1 N–H and O–H groups in total. The predicted molar refractivity (Wildman–Crippen MR) is 70.4 cm³/mol. The Labute approximate surface area is 115 Å². The number of hydrogen-bond acceptors (Lipinski definition) is 5. The number of thiazole rings is 1. The largest absolute Gasteiger partial charge is 0.481 e. The maximum absolute atomic E-state index is 11.5. The molecule has 5 nitrogen and oxygen atoms in total. The van der Waals surface area contributed by atoms with Gasteiger partial charge in [-0.1, -0.05) is 0 Å². The first kappa shape index (κ1) is 14.0. The molecule has 104 valence electrons. The van der Waals surface area contributed by atoms with Gasteiger partial charge in [0.25, 0.3) is 0 Å². The van der Waals surface area contributed by atoms with Gasteiger partial charge in [-0.25, -0.2) is 9.78 Å². The average molecular weight is 283 g/mol. The van der Waals surface area contributed by atoms with Crippen molar-refractivity contribution in [3.8, 4) is 0 Å². The third-order valence-electron chi connectivity index (χ3n) is 3.43. The number of ether oxygens (including phenoxy) is 1. The van der Waals surface area contributed by atoms with Gasteiger partial charge in [0.1, 0.15) is 0 Å². The molecule has 0 bridgehead atoms. The first-order chi connectivity index (χ1) is 9.11. The zero-order chi connectivity index (χ0) is 13.8. The average Bonchev–Trinajstić information content (AvgIpc) is 2.89. The van der Waals surface area contributed by atoms with E-state index < -0.39 is 5.97 Å². The molecule has 6 heteroatoms. The van der Waals surface area contributed by atoms with E-state index in [1.54, 1.807) is 12.3 Å². The van der Waals surface area contributed by atoms with E-state index in [0.29, 0.717) is 25.1 Å². The smallest absolute Gasteiger partial charge is 0.357 e. The Morgan fingerprint density at radius 1 is 1.42 bits per heavy atom. The number of esters is 1. The molecule has 0 amide bonds. The van der Waals surface area contributed by atoms with E-state index in [2.05, 4.69) is 4.98 Å². The summed E-state index contributed by atoms with van der Waals surface area (Å²) in [4.78, 5) is 26.7. The number of aliphatic carboxylic acids is 1. The van der Waals surface area contributed by atoms with Crippen LogP contribution in [0.4, 0.5) is 0 Å². The van der Waals surface area contributed by atoms with Gasteiger partial charge < -0.3 is 9.84 Å². The van der Waals surface area contributed by atoms with Crippen molar-refractivity contribution in [2.24, 2.45) is 5.92 Å². The highest BCUT2D eigenvalue weighted by atomic mass is 32.1.